The van der Waals surface area contributed by atoms with Gasteiger partial charge in [-0.25, -0.2) is 4.98 Å². The number of nitrogens with zero attached hydrogens (tertiary/aromatic N) is 3. The topological polar surface area (TPSA) is 49.1 Å². The van der Waals surface area contributed by atoms with Gasteiger partial charge < -0.3 is 9.64 Å². The molecule has 0 atom stereocenters. The molecule has 4 heteroatoms. The van der Waals surface area contributed by atoms with Crippen LogP contribution in [0, 0.1) is 17.2 Å². The molecule has 0 spiro atoms. The molecule has 1 aliphatic rings. The molecule has 3 rings (SSSR count). The highest BCUT2D eigenvalue weighted by atomic mass is 16.5. The number of hydrogen-bond donors (Lipinski definition) is 0. The Balaban J connectivity index is 1.89. The van der Waals surface area contributed by atoms with Crippen molar-refractivity contribution in [2.75, 3.05) is 31.7 Å². The second kappa shape index (κ2) is 6.11. The average Bonchev–Trinajstić information content (AvgIpc) is 2.54. The molecule has 0 unspecified atom stereocenters. The molecule has 0 radical (unpaired) electrons. The summed E-state index contributed by atoms with van der Waals surface area (Å²) in [5.41, 5.74) is 1.58. The molecule has 1 saturated heterocycles. The molecule has 1 aromatic heterocycles. The fourth-order valence-corrected chi connectivity index (χ4v) is 2.88. The van der Waals surface area contributed by atoms with Crippen LogP contribution >= 0.6 is 0 Å². The third-order valence-electron chi connectivity index (χ3n) is 4.06. The number of aromatic nitrogens is 1. The number of nitriles is 1. The molecule has 1 aromatic carbocycles. The Labute approximate surface area is 125 Å². The number of pyridine rings is 1. The van der Waals surface area contributed by atoms with Gasteiger partial charge in [-0.1, -0.05) is 18.2 Å². The van der Waals surface area contributed by atoms with E-state index in [0.717, 1.165) is 49.3 Å². The molecule has 0 N–H and O–H groups in total. The Morgan fingerprint density at radius 3 is 2.86 bits per heavy atom. The summed E-state index contributed by atoms with van der Waals surface area (Å²) < 4.78 is 5.40. The first-order valence-electron chi connectivity index (χ1n) is 7.36. The van der Waals surface area contributed by atoms with Crippen LogP contribution in [0.4, 0.5) is 5.82 Å². The number of benzene rings is 1. The van der Waals surface area contributed by atoms with Crippen LogP contribution in [0.1, 0.15) is 18.4 Å². The first-order chi connectivity index (χ1) is 10.3. The Kier molecular flexibility index (Phi) is 4.03. The predicted molar refractivity (Wildman–Crippen MR) is 83.3 cm³/mol. The van der Waals surface area contributed by atoms with Gasteiger partial charge in [-0.2, -0.15) is 5.26 Å². The lowest BCUT2D eigenvalue weighted by Gasteiger charge is -2.28. The highest BCUT2D eigenvalue weighted by Gasteiger charge is 2.18. The smallest absolute Gasteiger partial charge is 0.147 e. The fourth-order valence-electron chi connectivity index (χ4n) is 2.88. The number of hydrogen-bond acceptors (Lipinski definition) is 4. The van der Waals surface area contributed by atoms with Crippen LogP contribution in [0.15, 0.2) is 30.3 Å². The number of para-hydroxylation sites is 1. The van der Waals surface area contributed by atoms with Gasteiger partial charge in [-0.05, 0) is 30.9 Å². The Hall–Kier alpha value is -2.12. The summed E-state index contributed by atoms with van der Waals surface area (Å²) in [4.78, 5) is 6.80. The molecule has 2 aromatic rings. The molecule has 0 aliphatic carbocycles. The monoisotopic (exact) mass is 281 g/mol. The van der Waals surface area contributed by atoms with Gasteiger partial charge in [0.1, 0.15) is 11.9 Å². The number of ether oxygens (including phenoxy) is 1. The van der Waals surface area contributed by atoms with E-state index in [2.05, 4.69) is 16.0 Å². The van der Waals surface area contributed by atoms with E-state index in [1.54, 1.807) is 0 Å². The van der Waals surface area contributed by atoms with Crippen LogP contribution < -0.4 is 4.90 Å². The summed E-state index contributed by atoms with van der Waals surface area (Å²) in [6.45, 7) is 2.60. The third-order valence-corrected chi connectivity index (χ3v) is 4.06. The molecule has 0 amide bonds. The van der Waals surface area contributed by atoms with Gasteiger partial charge >= 0.3 is 0 Å². The van der Waals surface area contributed by atoms with E-state index in [0.29, 0.717) is 11.5 Å². The predicted octanol–water partition coefficient (Wildman–Crippen LogP) is 2.97. The van der Waals surface area contributed by atoms with Gasteiger partial charge in [0.15, 0.2) is 0 Å². The van der Waals surface area contributed by atoms with Crippen molar-refractivity contribution in [3.63, 3.8) is 0 Å². The zero-order valence-corrected chi connectivity index (χ0v) is 12.2. The maximum Gasteiger partial charge on any atom is 0.147 e. The summed E-state index contributed by atoms with van der Waals surface area (Å²) in [5, 5.41) is 10.4. The molecular formula is C17H19N3O. The highest BCUT2D eigenvalue weighted by molar-refractivity contribution is 5.83. The summed E-state index contributed by atoms with van der Waals surface area (Å²) in [6.07, 6.45) is 2.17. The average molecular weight is 281 g/mol. The van der Waals surface area contributed by atoms with Crippen molar-refractivity contribution in [1.82, 2.24) is 4.98 Å². The van der Waals surface area contributed by atoms with E-state index >= 15 is 0 Å². The minimum absolute atomic E-state index is 0.614. The van der Waals surface area contributed by atoms with Gasteiger partial charge in [0, 0.05) is 32.2 Å². The first-order valence-corrected chi connectivity index (χ1v) is 7.36. The standard InChI is InChI=1S/C17H19N3O/c1-20(12-13-6-8-21-9-7-13)17-15(11-18)10-14-4-2-3-5-16(14)19-17/h2-5,10,13H,6-9,12H2,1H3. The van der Waals surface area contributed by atoms with E-state index in [9.17, 15) is 5.26 Å². The van der Waals surface area contributed by atoms with Crippen LogP contribution in [0.2, 0.25) is 0 Å². The molecule has 1 aliphatic heterocycles. The second-order valence-electron chi connectivity index (χ2n) is 5.60. The van der Waals surface area contributed by atoms with E-state index in [1.807, 2.05) is 37.4 Å². The first kappa shape index (κ1) is 13.8. The Morgan fingerprint density at radius 2 is 2.10 bits per heavy atom. The van der Waals surface area contributed by atoms with E-state index < -0.39 is 0 Å². The van der Waals surface area contributed by atoms with Gasteiger partial charge in [0.25, 0.3) is 0 Å². The number of fused-ring (bicyclic) bond motifs is 1. The van der Waals surface area contributed by atoms with Crippen molar-refractivity contribution in [2.45, 2.75) is 12.8 Å². The normalized spacial score (nSPS) is 15.8. The zero-order chi connectivity index (χ0) is 14.7. The lowest BCUT2D eigenvalue weighted by Crippen LogP contribution is -2.30. The third kappa shape index (κ3) is 2.98. The molecule has 0 saturated carbocycles. The number of rotatable bonds is 3. The molecule has 1 fully saturated rings. The van der Waals surface area contributed by atoms with Crippen LogP contribution in [0.25, 0.3) is 10.9 Å². The van der Waals surface area contributed by atoms with Crippen LogP contribution in [-0.4, -0.2) is 31.8 Å². The van der Waals surface area contributed by atoms with Gasteiger partial charge in [-0.3, -0.25) is 0 Å². The molecule has 0 bridgehead atoms. The highest BCUT2D eigenvalue weighted by Crippen LogP contribution is 2.24. The SMILES string of the molecule is CN(CC1CCOCC1)c1nc2ccccc2cc1C#N. The van der Waals surface area contributed by atoms with Gasteiger partial charge in [0.2, 0.25) is 0 Å². The van der Waals surface area contributed by atoms with Crippen molar-refractivity contribution in [3.8, 4) is 6.07 Å². The number of anilines is 1. The molecule has 108 valence electrons. The summed E-state index contributed by atoms with van der Waals surface area (Å²) in [7, 11) is 2.02. The maximum atomic E-state index is 9.40. The Bertz CT molecular complexity index is 671. The molecule has 2 heterocycles. The van der Waals surface area contributed by atoms with Gasteiger partial charge in [-0.15, -0.1) is 0 Å². The van der Waals surface area contributed by atoms with Crippen molar-refractivity contribution in [3.05, 3.63) is 35.9 Å². The lowest BCUT2D eigenvalue weighted by molar-refractivity contribution is 0.0685. The molecular weight excluding hydrogens is 262 g/mol. The Morgan fingerprint density at radius 1 is 1.33 bits per heavy atom. The van der Waals surface area contributed by atoms with E-state index in [4.69, 9.17) is 4.74 Å². The van der Waals surface area contributed by atoms with Crippen molar-refractivity contribution in [1.29, 1.82) is 5.26 Å². The van der Waals surface area contributed by atoms with Crippen LogP contribution in [-0.2, 0) is 4.74 Å². The summed E-state index contributed by atoms with van der Waals surface area (Å²) >= 11 is 0. The molecule has 21 heavy (non-hydrogen) atoms. The second-order valence-corrected chi connectivity index (χ2v) is 5.60. The van der Waals surface area contributed by atoms with Crippen molar-refractivity contribution < 1.29 is 4.74 Å². The summed E-state index contributed by atoms with van der Waals surface area (Å²) in [5.74, 6) is 1.39. The fraction of sp³-hybridized carbons (Fsp3) is 0.412. The van der Waals surface area contributed by atoms with Crippen molar-refractivity contribution in [2.24, 2.45) is 5.92 Å². The quantitative estimate of drug-likeness (QED) is 0.868. The van der Waals surface area contributed by atoms with E-state index in [-0.39, 0.29) is 0 Å². The minimum atomic E-state index is 0.614. The van der Waals surface area contributed by atoms with Crippen LogP contribution in [0.3, 0.4) is 0 Å². The van der Waals surface area contributed by atoms with E-state index in [1.165, 1.54) is 0 Å². The summed E-state index contributed by atoms with van der Waals surface area (Å²) in [6, 6.07) is 12.1. The minimum Gasteiger partial charge on any atom is -0.381 e. The van der Waals surface area contributed by atoms with Crippen LogP contribution in [0.5, 0.6) is 0 Å². The van der Waals surface area contributed by atoms with Gasteiger partial charge in [0.05, 0.1) is 11.1 Å². The maximum absolute atomic E-state index is 9.40. The lowest BCUT2D eigenvalue weighted by atomic mass is 9.99. The molecule has 4 nitrogen and oxygen atoms in total. The van der Waals surface area contributed by atoms with Crippen molar-refractivity contribution >= 4 is 16.7 Å². The zero-order valence-electron chi connectivity index (χ0n) is 12.2. The largest absolute Gasteiger partial charge is 0.381 e.